The smallest absolute Gasteiger partial charge is 0.265 e. The summed E-state index contributed by atoms with van der Waals surface area (Å²) in [6, 6.07) is 5.25. The van der Waals surface area contributed by atoms with Gasteiger partial charge in [0.15, 0.2) is 0 Å². The van der Waals surface area contributed by atoms with Crippen molar-refractivity contribution < 1.29 is 8.42 Å². The monoisotopic (exact) mass is 290 g/mol. The zero-order chi connectivity index (χ0) is 14.6. The third-order valence-corrected chi connectivity index (χ3v) is 3.80. The molecule has 1 aromatic heterocycles. The molecule has 7 heteroatoms. The van der Waals surface area contributed by atoms with E-state index >= 15 is 0 Å². The van der Waals surface area contributed by atoms with E-state index in [9.17, 15) is 8.42 Å². The van der Waals surface area contributed by atoms with Crippen LogP contribution in [0.4, 0.5) is 5.69 Å². The summed E-state index contributed by atoms with van der Waals surface area (Å²) in [6.07, 6.45) is 2.56. The van der Waals surface area contributed by atoms with E-state index in [1.165, 1.54) is 12.4 Å². The molecular weight excluding hydrogens is 276 g/mol. The van der Waals surface area contributed by atoms with Crippen molar-refractivity contribution >= 4 is 15.7 Å². The van der Waals surface area contributed by atoms with Crippen LogP contribution in [0.25, 0.3) is 0 Å². The second-order valence-corrected chi connectivity index (χ2v) is 5.82. The fourth-order valence-corrected chi connectivity index (χ4v) is 2.61. The lowest BCUT2D eigenvalue weighted by Crippen LogP contribution is -2.12. The summed E-state index contributed by atoms with van der Waals surface area (Å²) in [5, 5.41) is 6.09. The first-order valence-corrected chi connectivity index (χ1v) is 7.32. The van der Waals surface area contributed by atoms with Crippen molar-refractivity contribution in [3.05, 3.63) is 41.7 Å². The molecule has 6 nitrogen and oxygen atoms in total. The number of benzene rings is 1. The average molecular weight is 290 g/mol. The summed E-state index contributed by atoms with van der Waals surface area (Å²) in [5.41, 5.74) is 7.38. The van der Waals surface area contributed by atoms with Crippen molar-refractivity contribution in [2.24, 2.45) is 5.73 Å². The van der Waals surface area contributed by atoms with Gasteiger partial charge in [-0.25, -0.2) is 8.42 Å². The maximum absolute atomic E-state index is 12.1. The highest BCUT2D eigenvalue weighted by Gasteiger charge is 2.15. The lowest BCUT2D eigenvalue weighted by molar-refractivity contribution is 0.601. The number of aryl methyl sites for hydroxylation is 1. The fraction of sp³-hybridized carbons (Fsp3) is 0.154. The average Bonchev–Trinajstić information content (AvgIpc) is 2.89. The number of nitrogens with zero attached hydrogens (tertiary/aromatic N) is 1. The topological polar surface area (TPSA) is 101 Å². The molecule has 0 aliphatic rings. The van der Waals surface area contributed by atoms with Crippen LogP contribution >= 0.6 is 0 Å². The fourth-order valence-electron chi connectivity index (χ4n) is 1.67. The number of nitrogens with two attached hydrogens (primary N) is 1. The van der Waals surface area contributed by atoms with E-state index in [2.05, 4.69) is 26.8 Å². The molecule has 0 bridgehead atoms. The second kappa shape index (κ2) is 5.77. The van der Waals surface area contributed by atoms with Crippen molar-refractivity contribution in [2.45, 2.75) is 11.8 Å². The Labute approximate surface area is 117 Å². The number of rotatable bonds is 3. The Morgan fingerprint density at radius 2 is 2.20 bits per heavy atom. The van der Waals surface area contributed by atoms with E-state index in [-0.39, 0.29) is 11.4 Å². The molecule has 2 aromatic rings. The van der Waals surface area contributed by atoms with Gasteiger partial charge in [-0.3, -0.25) is 9.82 Å². The van der Waals surface area contributed by atoms with Crippen LogP contribution in [0.1, 0.15) is 11.1 Å². The molecule has 0 radical (unpaired) electrons. The van der Waals surface area contributed by atoms with Crippen LogP contribution in [0, 0.1) is 18.8 Å². The molecule has 104 valence electrons. The molecule has 0 fully saturated rings. The number of hydrogen-bond acceptors (Lipinski definition) is 4. The van der Waals surface area contributed by atoms with Crippen LogP contribution < -0.4 is 10.5 Å². The quantitative estimate of drug-likeness (QED) is 0.729. The van der Waals surface area contributed by atoms with Crippen LogP contribution in [0.3, 0.4) is 0 Å². The van der Waals surface area contributed by atoms with E-state index in [1.807, 2.05) is 13.0 Å². The number of H-pyrrole nitrogens is 1. The highest BCUT2D eigenvalue weighted by atomic mass is 32.2. The molecule has 0 aliphatic carbocycles. The van der Waals surface area contributed by atoms with Gasteiger partial charge in [-0.2, -0.15) is 5.10 Å². The number of aromatic nitrogens is 2. The predicted octanol–water partition coefficient (Wildman–Crippen LogP) is 0.829. The van der Waals surface area contributed by atoms with Gasteiger partial charge in [-0.05, 0) is 30.7 Å². The number of anilines is 1. The zero-order valence-corrected chi connectivity index (χ0v) is 11.7. The molecule has 2 rings (SSSR count). The summed E-state index contributed by atoms with van der Waals surface area (Å²) >= 11 is 0. The van der Waals surface area contributed by atoms with Gasteiger partial charge in [0.25, 0.3) is 10.0 Å². The van der Waals surface area contributed by atoms with Crippen LogP contribution in [0.15, 0.2) is 35.5 Å². The van der Waals surface area contributed by atoms with Crippen molar-refractivity contribution in [3.8, 4) is 11.8 Å². The Kier molecular flexibility index (Phi) is 4.08. The molecule has 1 aromatic carbocycles. The van der Waals surface area contributed by atoms with E-state index in [1.54, 1.807) is 12.1 Å². The Balaban J connectivity index is 2.32. The summed E-state index contributed by atoms with van der Waals surface area (Å²) in [6.45, 7) is 2.12. The Morgan fingerprint density at radius 1 is 1.40 bits per heavy atom. The number of sulfonamides is 1. The standard InChI is InChI=1S/C13H14N4O2S/c1-10-5-11(3-2-4-14)7-12(6-10)17-20(18,19)13-8-15-16-9-13/h5-9,17H,4,14H2,1H3,(H,15,16). The van der Waals surface area contributed by atoms with Crippen molar-refractivity contribution in [2.75, 3.05) is 11.3 Å². The summed E-state index contributed by atoms with van der Waals surface area (Å²) in [5.74, 6) is 5.61. The minimum Gasteiger partial charge on any atom is -0.320 e. The minimum atomic E-state index is -3.64. The molecular formula is C13H14N4O2S. The lowest BCUT2D eigenvalue weighted by atomic mass is 10.1. The molecule has 1 heterocycles. The first-order chi connectivity index (χ1) is 9.51. The molecule has 0 amide bonds. The molecule has 0 spiro atoms. The lowest BCUT2D eigenvalue weighted by Gasteiger charge is -2.07. The molecule has 20 heavy (non-hydrogen) atoms. The van der Waals surface area contributed by atoms with E-state index in [0.717, 1.165) is 5.56 Å². The highest BCUT2D eigenvalue weighted by Crippen LogP contribution is 2.18. The maximum atomic E-state index is 12.1. The zero-order valence-electron chi connectivity index (χ0n) is 10.8. The van der Waals surface area contributed by atoms with Crippen LogP contribution in [-0.4, -0.2) is 25.2 Å². The number of nitrogens with one attached hydrogen (secondary N) is 2. The summed E-state index contributed by atoms with van der Waals surface area (Å²) in [7, 11) is -3.64. The van der Waals surface area contributed by atoms with Gasteiger partial charge in [0.05, 0.1) is 18.4 Å². The molecule has 0 saturated heterocycles. The van der Waals surface area contributed by atoms with E-state index in [0.29, 0.717) is 11.3 Å². The first kappa shape index (κ1) is 14.1. The maximum Gasteiger partial charge on any atom is 0.265 e. The van der Waals surface area contributed by atoms with Crippen LogP contribution in [0.2, 0.25) is 0 Å². The van der Waals surface area contributed by atoms with Gasteiger partial charge in [-0.15, -0.1) is 0 Å². The van der Waals surface area contributed by atoms with Gasteiger partial charge in [0, 0.05) is 11.8 Å². The minimum absolute atomic E-state index is 0.0774. The first-order valence-electron chi connectivity index (χ1n) is 5.83. The van der Waals surface area contributed by atoms with Gasteiger partial charge < -0.3 is 5.73 Å². The summed E-state index contributed by atoms with van der Waals surface area (Å²) in [4.78, 5) is 0.0774. The second-order valence-electron chi connectivity index (χ2n) is 4.13. The van der Waals surface area contributed by atoms with Crippen molar-refractivity contribution in [1.29, 1.82) is 0 Å². The molecule has 4 N–H and O–H groups in total. The Morgan fingerprint density at radius 3 is 2.85 bits per heavy atom. The van der Waals surface area contributed by atoms with Crippen LogP contribution in [0.5, 0.6) is 0 Å². The van der Waals surface area contributed by atoms with Gasteiger partial charge in [0.1, 0.15) is 4.90 Å². The van der Waals surface area contributed by atoms with Gasteiger partial charge in [0.2, 0.25) is 0 Å². The third-order valence-electron chi connectivity index (χ3n) is 2.45. The van der Waals surface area contributed by atoms with Gasteiger partial charge in [-0.1, -0.05) is 11.8 Å². The molecule has 0 aliphatic heterocycles. The predicted molar refractivity (Wildman–Crippen MR) is 76.5 cm³/mol. The van der Waals surface area contributed by atoms with Crippen LogP contribution in [-0.2, 0) is 10.0 Å². The molecule has 0 atom stereocenters. The SMILES string of the molecule is Cc1cc(C#CCN)cc(NS(=O)(=O)c2cn[nH]c2)c1. The van der Waals surface area contributed by atoms with E-state index < -0.39 is 10.0 Å². The van der Waals surface area contributed by atoms with E-state index in [4.69, 9.17) is 5.73 Å². The normalized spacial score (nSPS) is 10.7. The van der Waals surface area contributed by atoms with Gasteiger partial charge >= 0.3 is 0 Å². The third kappa shape index (κ3) is 3.38. The summed E-state index contributed by atoms with van der Waals surface area (Å²) < 4.78 is 26.6. The largest absolute Gasteiger partial charge is 0.320 e. The number of aromatic amines is 1. The van der Waals surface area contributed by atoms with Crippen molar-refractivity contribution in [3.63, 3.8) is 0 Å². The highest BCUT2D eigenvalue weighted by molar-refractivity contribution is 7.92. The molecule has 0 saturated carbocycles. The number of hydrogen-bond donors (Lipinski definition) is 3. The Bertz CT molecular complexity index is 755. The van der Waals surface area contributed by atoms with Crippen molar-refractivity contribution in [1.82, 2.24) is 10.2 Å². The Hall–Kier alpha value is -2.30. The molecule has 0 unspecified atom stereocenters.